The maximum absolute atomic E-state index is 13.7. The number of aryl methyl sites for hydroxylation is 2. The lowest BCUT2D eigenvalue weighted by Gasteiger charge is -2.24. The topological polar surface area (TPSA) is 127 Å². The van der Waals surface area contributed by atoms with Crippen molar-refractivity contribution >= 4 is 39.8 Å². The number of rotatable bonds is 13. The molecule has 8 nitrogen and oxygen atoms in total. The first-order chi connectivity index (χ1) is 22.5. The van der Waals surface area contributed by atoms with Crippen LogP contribution in [0.5, 0.6) is 0 Å². The van der Waals surface area contributed by atoms with Crippen molar-refractivity contribution in [2.45, 2.75) is 90.8 Å². The van der Waals surface area contributed by atoms with Crippen molar-refractivity contribution in [2.24, 2.45) is 11.7 Å². The smallest absolute Gasteiger partial charge is 0.336 e. The van der Waals surface area contributed by atoms with Crippen molar-refractivity contribution in [3.8, 4) is 11.1 Å². The van der Waals surface area contributed by atoms with E-state index in [-0.39, 0.29) is 22.6 Å². The van der Waals surface area contributed by atoms with Gasteiger partial charge in [-0.05, 0) is 79.0 Å². The number of nitrogens with zero attached hydrogens (tertiary/aromatic N) is 2. The van der Waals surface area contributed by atoms with Crippen molar-refractivity contribution < 1.29 is 19.5 Å². The highest BCUT2D eigenvalue weighted by Crippen LogP contribution is 2.32. The molecular formula is C38H46N4O4S. The SMILES string of the molecule is CCCc1nc2c(C)cc(C(=O)N[C@@H](CSC(=O)C3(N)CCCC3)CC(C)C)cc2n1Cc1ccc(-c2ccccc2C(=O)O)cc1. The molecule has 47 heavy (non-hydrogen) atoms. The first kappa shape index (κ1) is 34.4. The first-order valence-corrected chi connectivity index (χ1v) is 17.7. The van der Waals surface area contributed by atoms with Gasteiger partial charge in [-0.15, -0.1) is 0 Å². The van der Waals surface area contributed by atoms with Gasteiger partial charge in [0.05, 0.1) is 22.1 Å². The largest absolute Gasteiger partial charge is 0.478 e. The minimum absolute atomic E-state index is 0.0294. The van der Waals surface area contributed by atoms with Crippen LogP contribution in [-0.2, 0) is 17.8 Å². The van der Waals surface area contributed by atoms with Crippen molar-refractivity contribution in [1.82, 2.24) is 14.9 Å². The van der Waals surface area contributed by atoms with E-state index in [0.717, 1.165) is 78.5 Å². The average Bonchev–Trinajstić information content (AvgIpc) is 3.64. The number of carboxylic acid groups (broad SMARTS) is 1. The van der Waals surface area contributed by atoms with Gasteiger partial charge in [-0.1, -0.05) is 87.8 Å². The van der Waals surface area contributed by atoms with Crippen LogP contribution in [0.4, 0.5) is 0 Å². The molecule has 1 aromatic heterocycles. The average molecular weight is 655 g/mol. The van der Waals surface area contributed by atoms with Crippen molar-refractivity contribution in [3.63, 3.8) is 0 Å². The highest BCUT2D eigenvalue weighted by atomic mass is 32.2. The second-order valence-corrected chi connectivity index (χ2v) is 14.3. The van der Waals surface area contributed by atoms with Gasteiger partial charge in [0.25, 0.3) is 5.91 Å². The number of nitrogens with one attached hydrogen (secondary N) is 1. The molecule has 0 saturated heterocycles. The molecule has 4 aromatic rings. The lowest BCUT2D eigenvalue weighted by Crippen LogP contribution is -2.45. The summed E-state index contributed by atoms with van der Waals surface area (Å²) >= 11 is 1.26. The quantitative estimate of drug-likeness (QED) is 0.137. The molecule has 0 unspecified atom stereocenters. The third-order valence-corrected chi connectivity index (χ3v) is 10.3. The molecule has 248 valence electrons. The van der Waals surface area contributed by atoms with Gasteiger partial charge in [-0.2, -0.15) is 0 Å². The molecule has 1 atom stereocenters. The summed E-state index contributed by atoms with van der Waals surface area (Å²) < 4.78 is 2.19. The molecule has 1 amide bonds. The van der Waals surface area contributed by atoms with Gasteiger partial charge in [0.2, 0.25) is 5.12 Å². The predicted octanol–water partition coefficient (Wildman–Crippen LogP) is 7.39. The van der Waals surface area contributed by atoms with Gasteiger partial charge in [0.1, 0.15) is 5.82 Å². The molecule has 1 aliphatic rings. The van der Waals surface area contributed by atoms with Gasteiger partial charge < -0.3 is 20.7 Å². The van der Waals surface area contributed by atoms with Crippen molar-refractivity contribution in [1.29, 1.82) is 0 Å². The Balaban J connectivity index is 1.39. The number of hydrogen-bond donors (Lipinski definition) is 3. The minimum Gasteiger partial charge on any atom is -0.478 e. The van der Waals surface area contributed by atoms with E-state index < -0.39 is 11.5 Å². The van der Waals surface area contributed by atoms with E-state index in [1.807, 2.05) is 55.5 Å². The Bertz CT molecular complexity index is 1760. The summed E-state index contributed by atoms with van der Waals surface area (Å²) in [7, 11) is 0. The number of hydrogen-bond acceptors (Lipinski definition) is 6. The van der Waals surface area contributed by atoms with Crippen LogP contribution in [0, 0.1) is 12.8 Å². The summed E-state index contributed by atoms with van der Waals surface area (Å²) in [6.45, 7) is 8.92. The number of carboxylic acids is 1. The zero-order valence-corrected chi connectivity index (χ0v) is 28.7. The molecule has 0 bridgehead atoms. The van der Waals surface area contributed by atoms with Crippen LogP contribution in [0.15, 0.2) is 60.7 Å². The molecule has 0 aliphatic heterocycles. The summed E-state index contributed by atoms with van der Waals surface area (Å²) in [5.74, 6) is 0.682. The summed E-state index contributed by atoms with van der Waals surface area (Å²) in [6, 6.07) is 18.6. The lowest BCUT2D eigenvalue weighted by atomic mass is 9.98. The molecule has 1 aliphatic carbocycles. The van der Waals surface area contributed by atoms with Crippen molar-refractivity contribution in [2.75, 3.05) is 5.75 Å². The van der Waals surface area contributed by atoms with E-state index >= 15 is 0 Å². The molecule has 1 saturated carbocycles. The van der Waals surface area contributed by atoms with Gasteiger partial charge in [0.15, 0.2) is 0 Å². The number of imidazole rings is 1. The molecule has 5 rings (SSSR count). The Morgan fingerprint density at radius 2 is 1.77 bits per heavy atom. The number of amides is 1. The Hall–Kier alpha value is -3.95. The summed E-state index contributed by atoms with van der Waals surface area (Å²) in [5.41, 5.74) is 11.8. The van der Waals surface area contributed by atoms with Crippen LogP contribution >= 0.6 is 11.8 Å². The number of aromatic nitrogens is 2. The summed E-state index contributed by atoms with van der Waals surface area (Å²) in [4.78, 5) is 43.5. The van der Waals surface area contributed by atoms with E-state index in [2.05, 4.69) is 30.7 Å². The number of carbonyl (C=O) groups excluding carboxylic acids is 2. The van der Waals surface area contributed by atoms with E-state index in [1.165, 1.54) is 11.8 Å². The highest BCUT2D eigenvalue weighted by molar-refractivity contribution is 8.13. The van der Waals surface area contributed by atoms with Crippen LogP contribution < -0.4 is 11.1 Å². The van der Waals surface area contributed by atoms with Gasteiger partial charge in [0, 0.05) is 30.3 Å². The van der Waals surface area contributed by atoms with Crippen LogP contribution in [0.25, 0.3) is 22.2 Å². The fourth-order valence-electron chi connectivity index (χ4n) is 6.59. The second-order valence-electron chi connectivity index (χ2n) is 13.3. The summed E-state index contributed by atoms with van der Waals surface area (Å²) in [5, 5.41) is 12.9. The van der Waals surface area contributed by atoms with E-state index in [1.54, 1.807) is 12.1 Å². The zero-order chi connectivity index (χ0) is 33.7. The standard InChI is InChI=1S/C38H46N4O4S/c1-5-10-33-41-34-25(4)20-28(35(43)40-29(19-24(2)3)23-47-37(46)38(39)17-8-9-18-38)21-32(34)42(33)22-26-13-15-27(16-14-26)30-11-6-7-12-31(30)36(44)45/h6-7,11-16,20-21,24,29H,5,8-10,17-19,22-23,39H2,1-4H3,(H,40,43)(H,44,45)/t29-/m1/s1. The highest BCUT2D eigenvalue weighted by Gasteiger charge is 2.37. The Morgan fingerprint density at radius 1 is 1.06 bits per heavy atom. The molecule has 0 spiro atoms. The summed E-state index contributed by atoms with van der Waals surface area (Å²) in [6.07, 6.45) is 5.92. The molecule has 3 aromatic carbocycles. The van der Waals surface area contributed by atoms with Crippen LogP contribution in [0.3, 0.4) is 0 Å². The maximum atomic E-state index is 13.7. The number of benzene rings is 3. The number of aromatic carboxylic acids is 1. The molecule has 0 radical (unpaired) electrons. The van der Waals surface area contributed by atoms with Crippen LogP contribution in [0.2, 0.25) is 0 Å². The van der Waals surface area contributed by atoms with Gasteiger partial charge in [-0.3, -0.25) is 9.59 Å². The number of carbonyl (C=O) groups is 3. The monoisotopic (exact) mass is 654 g/mol. The minimum atomic E-state index is -0.954. The molecule has 9 heteroatoms. The third kappa shape index (κ3) is 7.96. The first-order valence-electron chi connectivity index (χ1n) is 16.7. The van der Waals surface area contributed by atoms with E-state index in [0.29, 0.717) is 29.3 Å². The Kier molecular flexibility index (Phi) is 10.9. The van der Waals surface area contributed by atoms with Crippen LogP contribution in [-0.4, -0.2) is 49.0 Å². The lowest BCUT2D eigenvalue weighted by molar-refractivity contribution is -0.115. The molecule has 4 N–H and O–H groups in total. The van der Waals surface area contributed by atoms with Gasteiger partial charge >= 0.3 is 5.97 Å². The normalized spacial score (nSPS) is 14.9. The zero-order valence-electron chi connectivity index (χ0n) is 27.8. The Labute approximate surface area is 281 Å². The molecular weight excluding hydrogens is 609 g/mol. The second kappa shape index (κ2) is 14.9. The fraction of sp³-hybridized carbons (Fsp3) is 0.421. The van der Waals surface area contributed by atoms with Crippen LogP contribution in [0.1, 0.15) is 97.0 Å². The Morgan fingerprint density at radius 3 is 2.43 bits per heavy atom. The van der Waals surface area contributed by atoms with E-state index in [9.17, 15) is 19.5 Å². The number of thioether (sulfide) groups is 1. The maximum Gasteiger partial charge on any atom is 0.336 e. The van der Waals surface area contributed by atoms with E-state index in [4.69, 9.17) is 10.7 Å². The molecule has 1 heterocycles. The fourth-order valence-corrected chi connectivity index (χ4v) is 7.66. The number of nitrogens with two attached hydrogens (primary N) is 1. The predicted molar refractivity (Wildman–Crippen MR) is 190 cm³/mol. The third-order valence-electron chi connectivity index (χ3n) is 9.03. The van der Waals surface area contributed by atoms with Crippen molar-refractivity contribution in [3.05, 3.63) is 88.7 Å². The van der Waals surface area contributed by atoms with Gasteiger partial charge in [-0.25, -0.2) is 9.78 Å². The molecule has 1 fully saturated rings. The number of fused-ring (bicyclic) bond motifs is 1.